The Labute approximate surface area is 133 Å². The molecule has 1 aromatic heterocycles. The second-order valence-electron chi connectivity index (χ2n) is 4.11. The summed E-state index contributed by atoms with van der Waals surface area (Å²) in [7, 11) is 0. The van der Waals surface area contributed by atoms with Gasteiger partial charge >= 0.3 is 6.18 Å². The van der Waals surface area contributed by atoms with Crippen molar-refractivity contribution in [3.05, 3.63) is 57.7 Å². The average molecular weight is 350 g/mol. The van der Waals surface area contributed by atoms with E-state index in [1.807, 2.05) is 0 Å². The van der Waals surface area contributed by atoms with Crippen LogP contribution in [-0.2, 0) is 6.18 Å². The van der Waals surface area contributed by atoms with Gasteiger partial charge in [-0.05, 0) is 24.3 Å². The molecule has 2 aromatic rings. The van der Waals surface area contributed by atoms with Crippen LogP contribution in [0, 0.1) is 0 Å². The van der Waals surface area contributed by atoms with Crippen LogP contribution in [-0.4, -0.2) is 10.9 Å². The van der Waals surface area contributed by atoms with Crippen LogP contribution in [0.5, 0.6) is 0 Å². The average Bonchev–Trinajstić information content (AvgIpc) is 2.44. The molecule has 4 nitrogen and oxygen atoms in total. The van der Waals surface area contributed by atoms with Gasteiger partial charge in [-0.2, -0.15) is 13.2 Å². The summed E-state index contributed by atoms with van der Waals surface area (Å²) in [6, 6.07) is 6.46. The first kappa shape index (κ1) is 16.4. The SMILES string of the molecule is O=C(NNc1ccc(C(F)(F)F)cn1)c1c(Cl)cccc1Cl. The fourth-order valence-corrected chi connectivity index (χ4v) is 2.10. The van der Waals surface area contributed by atoms with Crippen molar-refractivity contribution in [2.24, 2.45) is 0 Å². The van der Waals surface area contributed by atoms with Crippen LogP contribution in [0.25, 0.3) is 0 Å². The Hall–Kier alpha value is -1.99. The van der Waals surface area contributed by atoms with Crippen molar-refractivity contribution in [2.75, 3.05) is 5.43 Å². The fraction of sp³-hybridized carbons (Fsp3) is 0.0769. The van der Waals surface area contributed by atoms with Gasteiger partial charge in [0.25, 0.3) is 5.91 Å². The van der Waals surface area contributed by atoms with Gasteiger partial charge in [-0.15, -0.1) is 0 Å². The molecule has 0 saturated carbocycles. The maximum Gasteiger partial charge on any atom is 0.417 e. The zero-order valence-electron chi connectivity index (χ0n) is 10.7. The van der Waals surface area contributed by atoms with E-state index in [-0.39, 0.29) is 21.4 Å². The van der Waals surface area contributed by atoms with E-state index >= 15 is 0 Å². The molecule has 0 aliphatic heterocycles. The number of amides is 1. The summed E-state index contributed by atoms with van der Waals surface area (Å²) in [5, 5.41) is 0.291. The summed E-state index contributed by atoms with van der Waals surface area (Å²) in [4.78, 5) is 15.5. The number of nitrogens with one attached hydrogen (secondary N) is 2. The number of rotatable bonds is 3. The van der Waals surface area contributed by atoms with E-state index in [0.29, 0.717) is 6.20 Å². The second-order valence-corrected chi connectivity index (χ2v) is 4.92. The van der Waals surface area contributed by atoms with Crippen molar-refractivity contribution in [1.82, 2.24) is 10.4 Å². The quantitative estimate of drug-likeness (QED) is 0.818. The largest absolute Gasteiger partial charge is 0.417 e. The molecule has 0 radical (unpaired) electrons. The number of carbonyl (C=O) groups is 1. The number of anilines is 1. The predicted molar refractivity (Wildman–Crippen MR) is 76.8 cm³/mol. The van der Waals surface area contributed by atoms with Gasteiger partial charge in [0.2, 0.25) is 0 Å². The topological polar surface area (TPSA) is 54.0 Å². The zero-order chi connectivity index (χ0) is 16.3. The van der Waals surface area contributed by atoms with Gasteiger partial charge in [0.05, 0.1) is 21.2 Å². The number of carbonyl (C=O) groups excluding carboxylic acids is 1. The molecule has 0 spiro atoms. The minimum Gasteiger partial charge on any atom is -0.282 e. The molecule has 2 rings (SSSR count). The van der Waals surface area contributed by atoms with Crippen molar-refractivity contribution in [3.63, 3.8) is 0 Å². The third-order valence-electron chi connectivity index (χ3n) is 2.58. The number of hydrogen-bond donors (Lipinski definition) is 2. The monoisotopic (exact) mass is 349 g/mol. The molecule has 0 aliphatic rings. The molecule has 0 atom stereocenters. The van der Waals surface area contributed by atoms with Gasteiger partial charge < -0.3 is 0 Å². The number of pyridine rings is 1. The molecule has 9 heteroatoms. The number of nitrogens with zero attached hydrogens (tertiary/aromatic N) is 1. The van der Waals surface area contributed by atoms with E-state index in [2.05, 4.69) is 15.8 Å². The van der Waals surface area contributed by atoms with Crippen LogP contribution in [0.3, 0.4) is 0 Å². The molecule has 0 unspecified atom stereocenters. The lowest BCUT2D eigenvalue weighted by Gasteiger charge is -2.11. The molecule has 1 amide bonds. The Morgan fingerprint density at radius 2 is 1.73 bits per heavy atom. The Kier molecular flexibility index (Phi) is 4.77. The number of halogens is 5. The smallest absolute Gasteiger partial charge is 0.282 e. The van der Waals surface area contributed by atoms with E-state index in [0.717, 1.165) is 12.1 Å². The van der Waals surface area contributed by atoms with Crippen LogP contribution in [0.1, 0.15) is 15.9 Å². The molecular weight excluding hydrogens is 342 g/mol. The standard InChI is InChI=1S/C13H8Cl2F3N3O/c14-8-2-1-3-9(15)11(8)12(22)21-20-10-5-4-7(6-19-10)13(16,17)18/h1-6H,(H,19,20)(H,21,22). The van der Waals surface area contributed by atoms with Gasteiger partial charge in [0.15, 0.2) is 0 Å². The van der Waals surface area contributed by atoms with Gasteiger partial charge in [-0.25, -0.2) is 4.98 Å². The molecule has 1 heterocycles. The normalized spacial score (nSPS) is 11.1. The molecule has 22 heavy (non-hydrogen) atoms. The third-order valence-corrected chi connectivity index (χ3v) is 3.21. The van der Waals surface area contributed by atoms with E-state index < -0.39 is 17.6 Å². The van der Waals surface area contributed by atoms with Crippen LogP contribution in [0.4, 0.5) is 19.0 Å². The molecule has 0 bridgehead atoms. The van der Waals surface area contributed by atoms with Crippen LogP contribution in [0.2, 0.25) is 10.0 Å². The summed E-state index contributed by atoms with van der Waals surface area (Å²) in [6.07, 6.45) is -3.82. The van der Waals surface area contributed by atoms with Crippen molar-refractivity contribution in [1.29, 1.82) is 0 Å². The van der Waals surface area contributed by atoms with Crippen LogP contribution >= 0.6 is 23.2 Å². The number of benzene rings is 1. The number of hydrogen-bond acceptors (Lipinski definition) is 3. The van der Waals surface area contributed by atoms with Gasteiger partial charge in [-0.1, -0.05) is 29.3 Å². The van der Waals surface area contributed by atoms with Gasteiger partial charge in [-0.3, -0.25) is 15.6 Å². The van der Waals surface area contributed by atoms with Crippen molar-refractivity contribution in [2.45, 2.75) is 6.18 Å². The number of aromatic nitrogens is 1. The summed E-state index contributed by atoms with van der Waals surface area (Å²) >= 11 is 11.7. The van der Waals surface area contributed by atoms with E-state index in [9.17, 15) is 18.0 Å². The van der Waals surface area contributed by atoms with Crippen molar-refractivity contribution >= 4 is 34.9 Å². The van der Waals surface area contributed by atoms with Crippen LogP contribution < -0.4 is 10.9 Å². The molecule has 1 aromatic carbocycles. The predicted octanol–water partition coefficient (Wildman–Crippen LogP) is 4.16. The Morgan fingerprint density at radius 1 is 1.09 bits per heavy atom. The highest BCUT2D eigenvalue weighted by molar-refractivity contribution is 6.39. The lowest BCUT2D eigenvalue weighted by Crippen LogP contribution is -2.30. The first-order valence-corrected chi connectivity index (χ1v) is 6.58. The van der Waals surface area contributed by atoms with E-state index in [1.165, 1.54) is 12.1 Å². The fourth-order valence-electron chi connectivity index (χ4n) is 1.53. The van der Waals surface area contributed by atoms with Gasteiger partial charge in [0.1, 0.15) is 5.82 Å². The van der Waals surface area contributed by atoms with Gasteiger partial charge in [0, 0.05) is 6.20 Å². The van der Waals surface area contributed by atoms with Crippen molar-refractivity contribution in [3.8, 4) is 0 Å². The lowest BCUT2D eigenvalue weighted by atomic mass is 10.2. The number of alkyl halides is 3. The molecule has 2 N–H and O–H groups in total. The molecular formula is C13H8Cl2F3N3O. The summed E-state index contributed by atoms with van der Waals surface area (Å²) in [6.45, 7) is 0. The molecule has 0 fully saturated rings. The summed E-state index contributed by atoms with van der Waals surface area (Å²) < 4.78 is 37.2. The summed E-state index contributed by atoms with van der Waals surface area (Å²) in [5.74, 6) is -0.609. The molecule has 0 saturated heterocycles. The summed E-state index contributed by atoms with van der Waals surface area (Å²) in [5.41, 5.74) is 3.79. The molecule has 0 aliphatic carbocycles. The maximum atomic E-state index is 12.4. The third kappa shape index (κ3) is 3.80. The first-order chi connectivity index (χ1) is 10.3. The first-order valence-electron chi connectivity index (χ1n) is 5.82. The Balaban J connectivity index is 2.06. The van der Waals surface area contributed by atoms with Crippen molar-refractivity contribution < 1.29 is 18.0 Å². The Bertz CT molecular complexity index is 670. The van der Waals surface area contributed by atoms with E-state index in [4.69, 9.17) is 23.2 Å². The highest BCUT2D eigenvalue weighted by Gasteiger charge is 2.30. The van der Waals surface area contributed by atoms with E-state index in [1.54, 1.807) is 6.07 Å². The number of hydrazine groups is 1. The minimum absolute atomic E-state index is 0.0320. The lowest BCUT2D eigenvalue weighted by molar-refractivity contribution is -0.137. The highest BCUT2D eigenvalue weighted by Crippen LogP contribution is 2.28. The van der Waals surface area contributed by atoms with Crippen LogP contribution in [0.15, 0.2) is 36.5 Å². The Morgan fingerprint density at radius 3 is 2.23 bits per heavy atom. The maximum absolute atomic E-state index is 12.4. The minimum atomic E-state index is -4.47. The zero-order valence-corrected chi connectivity index (χ0v) is 12.2. The second kappa shape index (κ2) is 6.41. The highest BCUT2D eigenvalue weighted by atomic mass is 35.5. The molecule has 116 valence electrons.